The summed E-state index contributed by atoms with van der Waals surface area (Å²) in [6, 6.07) is 24.0. The molecule has 0 heterocycles. The fourth-order valence-electron chi connectivity index (χ4n) is 0.361. The molecule has 0 aliphatic rings. The van der Waals surface area contributed by atoms with Gasteiger partial charge in [-0.3, -0.25) is 0 Å². The summed E-state index contributed by atoms with van der Waals surface area (Å²) in [6.45, 7) is 0. The molecule has 0 bridgehead atoms. The first-order valence-electron chi connectivity index (χ1n) is 2.65. The molecule has 0 aliphatic carbocycles. The van der Waals surface area contributed by atoms with Crippen molar-refractivity contribution < 1.29 is 17.1 Å². The van der Waals surface area contributed by atoms with Crippen molar-refractivity contribution >= 4 is 0 Å². The van der Waals surface area contributed by atoms with Crippen molar-refractivity contribution in [1.82, 2.24) is 0 Å². The smallest absolute Gasteiger partial charge is 0.999 e. The summed E-state index contributed by atoms with van der Waals surface area (Å²) in [6.07, 6.45) is 0. The zero-order valence-corrected chi connectivity index (χ0v) is 6.71. The van der Waals surface area contributed by atoms with E-state index in [4.69, 9.17) is 0 Å². The standard InChI is InChI=1S/2C5H.Mn/c2*1-2-4-5-3-1;/h2*1H;/q2*-5;+2. The van der Waals surface area contributed by atoms with E-state index in [2.05, 4.69) is 48.5 Å². The maximum Gasteiger partial charge on any atom is 2.00 e. The van der Waals surface area contributed by atoms with Crippen molar-refractivity contribution in [2.75, 3.05) is 0 Å². The maximum absolute atomic E-state index is 2.62. The molecule has 0 unspecified atom stereocenters. The van der Waals surface area contributed by atoms with Gasteiger partial charge in [0, 0.05) is 0 Å². The minimum atomic E-state index is 0. The molecular formula is C10H2Mn-8. The molecule has 0 atom stereocenters. The molecule has 0 amide bonds. The van der Waals surface area contributed by atoms with Gasteiger partial charge >= 0.3 is 17.1 Å². The Balaban J connectivity index is 0.000000167. The van der Waals surface area contributed by atoms with Gasteiger partial charge in [0.15, 0.2) is 0 Å². The summed E-state index contributed by atoms with van der Waals surface area (Å²) < 4.78 is 0. The second-order valence-electron chi connectivity index (χ2n) is 1.37. The van der Waals surface area contributed by atoms with Crippen LogP contribution >= 0.6 is 0 Å². The van der Waals surface area contributed by atoms with Crippen LogP contribution in [0, 0.1) is 48.5 Å². The zero-order valence-electron chi connectivity index (χ0n) is 5.53. The number of hydrogen-bond acceptors (Lipinski definition) is 0. The Kier molecular flexibility index (Phi) is 6.81. The molecule has 2 rings (SSSR count). The summed E-state index contributed by atoms with van der Waals surface area (Å²) in [5.74, 6) is 0. The molecule has 11 heavy (non-hydrogen) atoms. The van der Waals surface area contributed by atoms with Gasteiger partial charge in [0.2, 0.25) is 0 Å². The van der Waals surface area contributed by atoms with E-state index in [1.807, 2.05) is 0 Å². The summed E-state index contributed by atoms with van der Waals surface area (Å²) in [4.78, 5) is 0. The van der Waals surface area contributed by atoms with Gasteiger partial charge in [-0.1, -0.05) is 0 Å². The molecule has 1 heteroatoms. The SMILES string of the molecule is [Mn+2].[c-]1[c-][c-][cH-][c-]1.[c-]1[c-][c-][cH-][c-]1. The van der Waals surface area contributed by atoms with Crippen molar-refractivity contribution in [3.8, 4) is 0 Å². The Bertz CT molecular complexity index is 144. The predicted octanol–water partition coefficient (Wildman–Crippen LogP) is 1.21. The third-order valence-electron chi connectivity index (χ3n) is 0.702. The monoisotopic (exact) mass is 177 g/mol. The first kappa shape index (κ1) is 10.2. The minimum Gasteiger partial charge on any atom is -0.999 e. The fraction of sp³-hybridized carbons (Fsp3) is 0. The van der Waals surface area contributed by atoms with E-state index in [-0.39, 0.29) is 17.1 Å². The molecule has 0 aromatic heterocycles. The van der Waals surface area contributed by atoms with E-state index in [9.17, 15) is 0 Å². The Labute approximate surface area is 78.1 Å². The Morgan fingerprint density at radius 2 is 0.818 bits per heavy atom. The van der Waals surface area contributed by atoms with E-state index < -0.39 is 0 Å². The normalized spacial score (nSPS) is 7.27. The van der Waals surface area contributed by atoms with Crippen molar-refractivity contribution in [2.24, 2.45) is 0 Å². The molecule has 0 saturated heterocycles. The van der Waals surface area contributed by atoms with E-state index in [1.54, 1.807) is 12.1 Å². The van der Waals surface area contributed by atoms with Crippen LogP contribution in [0.1, 0.15) is 0 Å². The molecule has 0 fully saturated rings. The minimum absolute atomic E-state index is 0. The molecular weight excluding hydrogens is 175 g/mol. The summed E-state index contributed by atoms with van der Waals surface area (Å²) >= 11 is 0. The Morgan fingerprint density at radius 1 is 0.545 bits per heavy atom. The second-order valence-corrected chi connectivity index (χ2v) is 1.37. The largest absolute Gasteiger partial charge is 2.00 e. The van der Waals surface area contributed by atoms with Crippen LogP contribution in [0.15, 0.2) is 12.1 Å². The van der Waals surface area contributed by atoms with Gasteiger partial charge in [-0.25, -0.2) is 0 Å². The summed E-state index contributed by atoms with van der Waals surface area (Å²) in [7, 11) is 0. The third kappa shape index (κ3) is 5.65. The maximum atomic E-state index is 2.62. The van der Waals surface area contributed by atoms with Crippen LogP contribution in [-0.2, 0) is 17.1 Å². The van der Waals surface area contributed by atoms with Gasteiger partial charge in [-0.15, -0.1) is 0 Å². The van der Waals surface area contributed by atoms with Crippen LogP contribution in [0.4, 0.5) is 0 Å². The van der Waals surface area contributed by atoms with Crippen LogP contribution in [0.3, 0.4) is 0 Å². The molecule has 2 aromatic rings. The fourth-order valence-corrected chi connectivity index (χ4v) is 0.361. The average molecular weight is 177 g/mol. The van der Waals surface area contributed by atoms with Gasteiger partial charge in [-0.05, 0) is 0 Å². The van der Waals surface area contributed by atoms with Crippen molar-refractivity contribution in [3.05, 3.63) is 60.7 Å². The number of hydrogen-bond donors (Lipinski definition) is 0. The zero-order chi connectivity index (χ0) is 7.07. The van der Waals surface area contributed by atoms with E-state index in [0.717, 1.165) is 0 Å². The third-order valence-corrected chi connectivity index (χ3v) is 0.702. The first-order chi connectivity index (χ1) is 5.00. The molecule has 0 spiro atoms. The Morgan fingerprint density at radius 3 is 0.909 bits per heavy atom. The molecule has 0 saturated carbocycles. The topological polar surface area (TPSA) is 0 Å². The van der Waals surface area contributed by atoms with Gasteiger partial charge in [0.05, 0.1) is 0 Å². The van der Waals surface area contributed by atoms with Crippen molar-refractivity contribution in [3.63, 3.8) is 0 Å². The van der Waals surface area contributed by atoms with E-state index >= 15 is 0 Å². The van der Waals surface area contributed by atoms with Gasteiger partial charge in [0.1, 0.15) is 0 Å². The second kappa shape index (κ2) is 7.33. The molecule has 0 N–H and O–H groups in total. The molecule has 57 valence electrons. The summed E-state index contributed by atoms with van der Waals surface area (Å²) in [5, 5.41) is 0. The van der Waals surface area contributed by atoms with Crippen LogP contribution in [0.2, 0.25) is 0 Å². The molecule has 2 aromatic carbocycles. The van der Waals surface area contributed by atoms with Crippen LogP contribution in [-0.4, -0.2) is 0 Å². The van der Waals surface area contributed by atoms with Gasteiger partial charge < -0.3 is 60.7 Å². The van der Waals surface area contributed by atoms with Crippen LogP contribution in [0.5, 0.6) is 0 Å². The van der Waals surface area contributed by atoms with E-state index in [0.29, 0.717) is 0 Å². The quantitative estimate of drug-likeness (QED) is 0.419. The van der Waals surface area contributed by atoms with Gasteiger partial charge in [0.25, 0.3) is 0 Å². The van der Waals surface area contributed by atoms with Crippen LogP contribution < -0.4 is 0 Å². The molecule has 1 radical (unpaired) electrons. The molecule has 0 aliphatic heterocycles. The van der Waals surface area contributed by atoms with E-state index in [1.165, 1.54) is 0 Å². The number of rotatable bonds is 0. The molecule has 0 nitrogen and oxygen atoms in total. The average Bonchev–Trinajstić information content (AvgIpc) is 2.67. The van der Waals surface area contributed by atoms with Gasteiger partial charge in [-0.2, -0.15) is 0 Å². The first-order valence-corrected chi connectivity index (χ1v) is 2.65. The van der Waals surface area contributed by atoms with Crippen molar-refractivity contribution in [2.45, 2.75) is 0 Å². The summed E-state index contributed by atoms with van der Waals surface area (Å²) in [5.41, 5.74) is 0. The predicted molar refractivity (Wildman–Crippen MR) is 34.8 cm³/mol. The van der Waals surface area contributed by atoms with Crippen molar-refractivity contribution in [1.29, 1.82) is 0 Å². The Hall–Kier alpha value is -0.781. The van der Waals surface area contributed by atoms with Crippen LogP contribution in [0.25, 0.3) is 0 Å².